The maximum Gasteiger partial charge on any atom is 1.00 e. The average Bonchev–Trinajstić information content (AvgIpc) is 2.13. The molecule has 2 amide bonds. The van der Waals surface area contributed by atoms with Gasteiger partial charge < -0.3 is 78.3 Å². The number of aromatic nitrogens is 12. The number of hydrogen-bond acceptors (Lipinski definition) is 21. The number of imidazole rings is 3. The van der Waals surface area contributed by atoms with Crippen LogP contribution in [-0.2, 0) is 85.8 Å². The summed E-state index contributed by atoms with van der Waals surface area (Å²) in [5.74, 6) is -0.799. The number of carbonyl (C=O) groups excluding carboxylic acids is 3. The van der Waals surface area contributed by atoms with Crippen LogP contribution in [0, 0.1) is 11.8 Å². The van der Waals surface area contributed by atoms with Gasteiger partial charge in [-0.15, -0.1) is 0 Å². The van der Waals surface area contributed by atoms with E-state index in [1.165, 1.54) is 93.8 Å². The van der Waals surface area contributed by atoms with Crippen LogP contribution in [0.4, 0.5) is 0 Å². The van der Waals surface area contributed by atoms with Crippen LogP contribution in [0.15, 0.2) is 47.7 Å². The van der Waals surface area contributed by atoms with Crippen LogP contribution in [0.2, 0.25) is 0 Å². The number of amides is 2. The van der Waals surface area contributed by atoms with E-state index in [4.69, 9.17) is 53.9 Å². The van der Waals surface area contributed by atoms with Gasteiger partial charge in [0.15, 0.2) is 33.5 Å². The van der Waals surface area contributed by atoms with Gasteiger partial charge in [0.2, 0.25) is 11.8 Å². The fourth-order valence-corrected chi connectivity index (χ4v) is 10.1. The summed E-state index contributed by atoms with van der Waals surface area (Å²) in [6, 6.07) is 1.59. The van der Waals surface area contributed by atoms with Gasteiger partial charge in [-0.1, -0.05) is 6.42 Å². The maximum absolute atomic E-state index is 12.5. The predicted molar refractivity (Wildman–Crippen MR) is 328 cm³/mol. The number of nitrogens with one attached hydrogen (secondary N) is 2. The topological polar surface area (TPSA) is 453 Å². The molecular formula is C54H88BN19NaO14. The Morgan fingerprint density at radius 3 is 1.21 bits per heavy atom. The van der Waals surface area contributed by atoms with Crippen LogP contribution in [0.1, 0.15) is 90.9 Å². The minimum Gasteiger partial charge on any atom is -0.512 e. The number of carboxylic acid groups (broad SMARTS) is 1. The summed E-state index contributed by atoms with van der Waals surface area (Å²) >= 11 is 0. The number of aliphatic hydroxyl groups excluding tert-OH is 2. The maximum atomic E-state index is 12.5. The van der Waals surface area contributed by atoms with E-state index in [-0.39, 0.29) is 141 Å². The second-order valence-electron chi connectivity index (χ2n) is 20.9. The number of rotatable bonds is 10. The summed E-state index contributed by atoms with van der Waals surface area (Å²) in [6.07, 6.45) is 16.6. The first-order chi connectivity index (χ1) is 41.3. The van der Waals surface area contributed by atoms with Crippen LogP contribution in [0.25, 0.3) is 33.5 Å². The fraction of sp³-hybridized carbons (Fsp3) is 0.630. The Morgan fingerprint density at radius 1 is 0.607 bits per heavy atom. The molecule has 35 heteroatoms. The number of nitrogens with two attached hydrogens (primary N) is 3. The van der Waals surface area contributed by atoms with Crippen molar-refractivity contribution in [3.05, 3.63) is 88.1 Å². The number of nitrogens with zero attached hydrogens (tertiary/aromatic N) is 14. The summed E-state index contributed by atoms with van der Waals surface area (Å²) in [4.78, 5) is 131. The third-order valence-corrected chi connectivity index (χ3v) is 14.5. The number of hydrogen-bond donors (Lipinski definition) is 8. The second-order valence-corrected chi connectivity index (χ2v) is 20.9. The number of aliphatic hydroxyl groups is 2. The predicted octanol–water partition coefficient (Wildman–Crippen LogP) is -6.52. The molecule has 0 spiro atoms. The van der Waals surface area contributed by atoms with E-state index in [9.17, 15) is 43.2 Å². The second kappa shape index (κ2) is 40.3. The van der Waals surface area contributed by atoms with E-state index >= 15 is 0 Å². The standard InChI is InChI=1S/C17H26N6O3.C15H22N6O3.C11H14N4O4.C6H14N2.C2H6O.CN.CH2O2.CH4O.B.Na/c1-20(2)12-7-5-6-11(8-12)19-13(24)9-23-10-18-15-14(23)16(25)22(4)17(26)21(15)3;1-19-13-12(14(23)20(2)15(19)24)21(8-17-13)7-11(22)18-10-5-3-4-9(16)6-10;1-4-19-7(16)5-15-6-12-9-8(15)10(17)14(3)11(18)13(9)2;7-5-2-1-3-6(8)4-5;1-2-3;1-2;2-1-3;1-2;;/h10-12H,5-9H2,1-4H3,(H,19,24);8-10H,3-7,16H2,1-2H3,(H,18,22);6H,4-5H2,1-3H3;5-6H,1-4,7-8H2;3H,2H2,1H3;;1H,(H,2,3);2H,1H3;;/q;;;;;-1;;;;+1. The average molecular weight is 1260 g/mol. The van der Waals surface area contributed by atoms with Gasteiger partial charge >= 0.3 is 52.6 Å². The van der Waals surface area contributed by atoms with Crippen molar-refractivity contribution in [1.29, 1.82) is 5.26 Å². The number of ether oxygens (including phenoxy) is 1. The Morgan fingerprint density at radius 2 is 0.910 bits per heavy atom. The molecule has 3 fully saturated rings. The summed E-state index contributed by atoms with van der Waals surface area (Å²) in [5.41, 5.74) is 16.0. The minimum absolute atomic E-state index is 0. The van der Waals surface area contributed by atoms with E-state index in [0.717, 1.165) is 78.6 Å². The Bertz CT molecular complexity index is 3610. The molecule has 487 valence electrons. The molecule has 6 aromatic rings. The van der Waals surface area contributed by atoms with Crippen LogP contribution >= 0.6 is 0 Å². The molecule has 0 aliphatic heterocycles. The molecule has 3 aliphatic rings. The third kappa shape index (κ3) is 22.6. The Labute approximate surface area is 537 Å². The van der Waals surface area contributed by atoms with Gasteiger partial charge in [-0.25, -0.2) is 29.3 Å². The molecule has 3 saturated carbocycles. The SMILES string of the molecule is CCO.CCOC(=O)Cn1cnc2c1c(=O)n(C)c(=O)n2C.CN(C)C1CCCC(NC(=O)Cn2cnc3c2c(=O)n(C)c(=O)n3C)C1.CO.Cn1c(=O)c2c(ncn2CC(=O)NC2CCCC(N)C2)n(C)c1=O.NC1CCCC(N)C1.O=CO.[B].[C-]#N.[Na+]. The molecule has 6 unspecified atom stereocenters. The van der Waals surface area contributed by atoms with Crippen LogP contribution in [0.5, 0.6) is 0 Å². The first-order valence-corrected chi connectivity index (χ1v) is 28.1. The molecule has 0 aromatic carbocycles. The summed E-state index contributed by atoms with van der Waals surface area (Å²) < 4.78 is 16.1. The molecule has 89 heavy (non-hydrogen) atoms. The van der Waals surface area contributed by atoms with E-state index in [2.05, 4.69) is 44.6 Å². The molecule has 6 atom stereocenters. The normalized spacial score (nSPS) is 18.1. The summed E-state index contributed by atoms with van der Waals surface area (Å²) in [6.45, 7) is 8.27. The quantitative estimate of drug-likeness (QED) is 0.0274. The van der Waals surface area contributed by atoms with Gasteiger partial charge in [-0.3, -0.25) is 61.0 Å². The fourth-order valence-electron chi connectivity index (χ4n) is 10.1. The molecule has 3 aliphatic carbocycles. The van der Waals surface area contributed by atoms with E-state index in [1.807, 2.05) is 0 Å². The van der Waals surface area contributed by atoms with Crippen molar-refractivity contribution in [2.24, 2.45) is 59.5 Å². The van der Waals surface area contributed by atoms with E-state index in [0.29, 0.717) is 18.1 Å². The van der Waals surface area contributed by atoms with Crippen LogP contribution in [-0.4, -0.2) is 180 Å². The van der Waals surface area contributed by atoms with Gasteiger partial charge in [-0.05, 0) is 98.6 Å². The Hall–Kier alpha value is -7.36. The van der Waals surface area contributed by atoms with Crippen molar-refractivity contribution in [3.63, 3.8) is 0 Å². The zero-order valence-corrected chi connectivity index (χ0v) is 55.2. The number of carbonyl (C=O) groups is 4. The molecule has 9 rings (SSSR count). The molecule has 33 nitrogen and oxygen atoms in total. The smallest absolute Gasteiger partial charge is 0.512 e. The van der Waals surface area contributed by atoms with Gasteiger partial charge in [0.1, 0.15) is 19.6 Å². The van der Waals surface area contributed by atoms with Gasteiger partial charge in [0, 0.05) is 101 Å². The van der Waals surface area contributed by atoms with Crippen molar-refractivity contribution < 1.29 is 68.8 Å². The van der Waals surface area contributed by atoms with Crippen LogP contribution < -0.4 is 91.1 Å². The molecular weight excluding hydrogens is 1170 g/mol. The Balaban J connectivity index is 0.00000114. The van der Waals surface area contributed by atoms with E-state index < -0.39 is 39.7 Å². The Kier molecular flexibility index (Phi) is 37.0. The van der Waals surface area contributed by atoms with Crippen molar-refractivity contribution in [3.8, 4) is 0 Å². The molecule has 0 saturated heterocycles. The minimum atomic E-state index is -0.486. The van der Waals surface area contributed by atoms with Crippen molar-refractivity contribution in [2.45, 2.75) is 147 Å². The largest absolute Gasteiger partial charge is 1.00 e. The molecule has 11 N–H and O–H groups in total. The molecule has 6 heterocycles. The van der Waals surface area contributed by atoms with Crippen molar-refractivity contribution >= 4 is 66.2 Å². The third-order valence-electron chi connectivity index (χ3n) is 14.5. The zero-order valence-electron chi connectivity index (χ0n) is 53.2. The van der Waals surface area contributed by atoms with Crippen molar-refractivity contribution in [2.75, 3.05) is 34.4 Å². The molecule has 0 bridgehead atoms. The number of aryl methyl sites for hydroxylation is 3. The first kappa shape index (κ1) is 81.6. The summed E-state index contributed by atoms with van der Waals surface area (Å²) in [5, 5.41) is 33.8. The zero-order chi connectivity index (χ0) is 66.0. The van der Waals surface area contributed by atoms with Crippen molar-refractivity contribution in [1.82, 2.24) is 71.6 Å². The van der Waals surface area contributed by atoms with Gasteiger partial charge in [0.05, 0.1) is 25.6 Å². The molecule has 3 radical (unpaired) electrons. The van der Waals surface area contributed by atoms with E-state index in [1.54, 1.807) is 27.9 Å². The first-order valence-electron chi connectivity index (χ1n) is 28.1. The number of esters is 1. The monoisotopic (exact) mass is 1260 g/mol. The van der Waals surface area contributed by atoms with Gasteiger partial charge in [-0.2, -0.15) is 0 Å². The number of fused-ring (bicyclic) bond motifs is 3. The molecule has 6 aromatic heterocycles. The summed E-state index contributed by atoms with van der Waals surface area (Å²) in [7, 11) is 14.0. The van der Waals surface area contributed by atoms with Crippen LogP contribution in [0.3, 0.4) is 0 Å². The van der Waals surface area contributed by atoms with Gasteiger partial charge in [0.25, 0.3) is 23.2 Å².